The minimum absolute atomic E-state index is 0.0126. The molecule has 2 atom stereocenters. The van der Waals surface area contributed by atoms with Crippen molar-refractivity contribution in [2.75, 3.05) is 13.1 Å². The van der Waals surface area contributed by atoms with Crippen LogP contribution in [0.3, 0.4) is 0 Å². The third-order valence-electron chi connectivity index (χ3n) is 5.13. The molecule has 1 aliphatic rings. The zero-order chi connectivity index (χ0) is 19.9. The van der Waals surface area contributed by atoms with Gasteiger partial charge in [0.05, 0.1) is 15.9 Å². The molecule has 0 saturated carbocycles. The first-order valence-electron chi connectivity index (χ1n) is 9.09. The molecule has 0 amide bonds. The van der Waals surface area contributed by atoms with Crippen molar-refractivity contribution >= 4 is 21.1 Å². The zero-order valence-electron chi connectivity index (χ0n) is 15.7. The van der Waals surface area contributed by atoms with Crippen molar-refractivity contribution in [3.05, 3.63) is 59.9 Å². The lowest BCUT2D eigenvalue weighted by Gasteiger charge is -2.16. The summed E-state index contributed by atoms with van der Waals surface area (Å²) in [6.07, 6.45) is -2.20. The maximum Gasteiger partial charge on any atom is 0.243 e. The summed E-state index contributed by atoms with van der Waals surface area (Å²) in [4.78, 5) is 4.67. The number of nitrogens with zero attached hydrogens (tertiary/aromatic N) is 3. The second-order valence-corrected chi connectivity index (χ2v) is 9.01. The Balaban J connectivity index is 1.46. The van der Waals surface area contributed by atoms with E-state index in [4.69, 9.17) is 4.74 Å². The van der Waals surface area contributed by atoms with E-state index in [1.807, 2.05) is 42.8 Å². The Labute approximate surface area is 163 Å². The van der Waals surface area contributed by atoms with Crippen LogP contribution in [0.25, 0.3) is 11.0 Å². The van der Waals surface area contributed by atoms with Crippen LogP contribution in [0.2, 0.25) is 0 Å². The molecule has 0 aliphatic carbocycles. The molecule has 148 valence electrons. The fraction of sp³-hybridized carbons (Fsp3) is 0.350. The van der Waals surface area contributed by atoms with Crippen molar-refractivity contribution in [3.63, 3.8) is 0 Å². The smallest absolute Gasteiger partial charge is 0.243 e. The number of benzene rings is 2. The number of imidazole rings is 1. The molecule has 2 heterocycles. The van der Waals surface area contributed by atoms with Gasteiger partial charge in [-0.05, 0) is 31.2 Å². The average Bonchev–Trinajstić information content (AvgIpc) is 3.21. The van der Waals surface area contributed by atoms with Gasteiger partial charge in [0.1, 0.15) is 24.7 Å². The van der Waals surface area contributed by atoms with Crippen LogP contribution in [0.4, 0.5) is 4.39 Å². The van der Waals surface area contributed by atoms with Gasteiger partial charge in [-0.3, -0.25) is 0 Å². The number of aromatic nitrogens is 2. The summed E-state index contributed by atoms with van der Waals surface area (Å²) in [6, 6.07) is 14.2. The maximum atomic E-state index is 14.5. The standard InChI is InChI=1S/C20H22FN3O3S/c1-14-7-9-15(10-8-14)28(25,26)24-11-16(21)19(12-24)27-13-20-22-17-5-3-4-6-18(17)23(20)2/h3-10,16,19H,11-13H2,1-2H3. The van der Waals surface area contributed by atoms with Gasteiger partial charge in [0.25, 0.3) is 0 Å². The number of alkyl halides is 1. The van der Waals surface area contributed by atoms with E-state index in [1.165, 1.54) is 0 Å². The highest BCUT2D eigenvalue weighted by Gasteiger charge is 2.40. The summed E-state index contributed by atoms with van der Waals surface area (Å²) < 4.78 is 48.8. The number of fused-ring (bicyclic) bond motifs is 1. The predicted octanol–water partition coefficient (Wildman–Crippen LogP) is 2.81. The molecule has 0 bridgehead atoms. The number of sulfonamides is 1. The molecule has 1 aromatic heterocycles. The highest BCUT2D eigenvalue weighted by atomic mass is 32.2. The van der Waals surface area contributed by atoms with E-state index >= 15 is 0 Å². The van der Waals surface area contributed by atoms with Crippen molar-refractivity contribution in [2.24, 2.45) is 7.05 Å². The third-order valence-corrected chi connectivity index (χ3v) is 6.98. The molecule has 1 fully saturated rings. The molecular formula is C20H22FN3O3S. The van der Waals surface area contributed by atoms with E-state index in [0.29, 0.717) is 5.82 Å². The molecule has 0 spiro atoms. The van der Waals surface area contributed by atoms with Crippen LogP contribution in [0.15, 0.2) is 53.4 Å². The molecule has 1 saturated heterocycles. The number of hydrogen-bond donors (Lipinski definition) is 0. The maximum absolute atomic E-state index is 14.5. The number of aryl methyl sites for hydroxylation is 2. The minimum Gasteiger partial charge on any atom is -0.366 e. The summed E-state index contributed by atoms with van der Waals surface area (Å²) in [5, 5.41) is 0. The Hall–Kier alpha value is -2.29. The lowest BCUT2D eigenvalue weighted by molar-refractivity contribution is 0.00895. The van der Waals surface area contributed by atoms with Gasteiger partial charge in [0, 0.05) is 20.1 Å². The summed E-state index contributed by atoms with van der Waals surface area (Å²) in [5.74, 6) is 0.674. The molecule has 2 aromatic carbocycles. The van der Waals surface area contributed by atoms with Gasteiger partial charge in [-0.25, -0.2) is 17.8 Å². The van der Waals surface area contributed by atoms with Crippen LogP contribution in [0, 0.1) is 6.92 Å². The van der Waals surface area contributed by atoms with Gasteiger partial charge >= 0.3 is 0 Å². The van der Waals surface area contributed by atoms with Crippen molar-refractivity contribution in [1.82, 2.24) is 13.9 Å². The Morgan fingerprint density at radius 1 is 1.14 bits per heavy atom. The molecular weight excluding hydrogens is 381 g/mol. The minimum atomic E-state index is -3.74. The van der Waals surface area contributed by atoms with Gasteiger partial charge in [-0.1, -0.05) is 29.8 Å². The second kappa shape index (κ2) is 7.27. The van der Waals surface area contributed by atoms with E-state index in [-0.39, 0.29) is 24.6 Å². The lowest BCUT2D eigenvalue weighted by atomic mass is 10.2. The Kier molecular flexibility index (Phi) is 4.95. The Morgan fingerprint density at radius 2 is 1.86 bits per heavy atom. The van der Waals surface area contributed by atoms with Crippen LogP contribution < -0.4 is 0 Å². The number of rotatable bonds is 5. The number of ether oxygens (including phenoxy) is 1. The van der Waals surface area contributed by atoms with Crippen LogP contribution in [-0.2, 0) is 28.4 Å². The molecule has 6 nitrogen and oxygen atoms in total. The first kappa shape index (κ1) is 19.0. The Morgan fingerprint density at radius 3 is 2.57 bits per heavy atom. The molecule has 3 aromatic rings. The fourth-order valence-corrected chi connectivity index (χ4v) is 4.88. The summed E-state index contributed by atoms with van der Waals surface area (Å²) in [7, 11) is -1.86. The van der Waals surface area contributed by atoms with E-state index < -0.39 is 22.3 Å². The summed E-state index contributed by atoms with van der Waals surface area (Å²) >= 11 is 0. The van der Waals surface area contributed by atoms with E-state index in [2.05, 4.69) is 4.98 Å². The fourth-order valence-electron chi connectivity index (χ4n) is 3.42. The largest absolute Gasteiger partial charge is 0.366 e. The molecule has 0 radical (unpaired) electrons. The molecule has 2 unspecified atom stereocenters. The third kappa shape index (κ3) is 3.43. The van der Waals surface area contributed by atoms with Gasteiger partial charge in [-0.2, -0.15) is 4.31 Å². The summed E-state index contributed by atoms with van der Waals surface area (Å²) in [5.41, 5.74) is 2.77. The molecule has 4 rings (SSSR count). The number of halogens is 1. The number of hydrogen-bond acceptors (Lipinski definition) is 4. The average molecular weight is 403 g/mol. The van der Waals surface area contributed by atoms with Crippen LogP contribution >= 0.6 is 0 Å². The van der Waals surface area contributed by atoms with Gasteiger partial charge in [-0.15, -0.1) is 0 Å². The molecule has 0 N–H and O–H groups in total. The SMILES string of the molecule is Cc1ccc(S(=O)(=O)N2CC(F)C(OCc3nc4ccccc4n3C)C2)cc1. The first-order chi connectivity index (χ1) is 13.4. The molecule has 28 heavy (non-hydrogen) atoms. The second-order valence-electron chi connectivity index (χ2n) is 7.08. The normalized spacial score (nSPS) is 20.8. The van der Waals surface area contributed by atoms with E-state index in [1.54, 1.807) is 24.3 Å². The van der Waals surface area contributed by atoms with Gasteiger partial charge in [0.15, 0.2) is 0 Å². The van der Waals surface area contributed by atoms with Crippen molar-refractivity contribution in [1.29, 1.82) is 0 Å². The van der Waals surface area contributed by atoms with Crippen molar-refractivity contribution < 1.29 is 17.5 Å². The van der Waals surface area contributed by atoms with E-state index in [0.717, 1.165) is 20.9 Å². The van der Waals surface area contributed by atoms with Gasteiger partial charge in [0.2, 0.25) is 10.0 Å². The summed E-state index contributed by atoms with van der Waals surface area (Å²) in [6.45, 7) is 1.79. The quantitative estimate of drug-likeness (QED) is 0.657. The lowest BCUT2D eigenvalue weighted by Crippen LogP contribution is -2.30. The van der Waals surface area contributed by atoms with Gasteiger partial charge < -0.3 is 9.30 Å². The highest BCUT2D eigenvalue weighted by Crippen LogP contribution is 2.26. The predicted molar refractivity (Wildman–Crippen MR) is 104 cm³/mol. The monoisotopic (exact) mass is 403 g/mol. The topological polar surface area (TPSA) is 64.4 Å². The number of para-hydroxylation sites is 2. The van der Waals surface area contributed by atoms with Crippen molar-refractivity contribution in [3.8, 4) is 0 Å². The van der Waals surface area contributed by atoms with Crippen molar-refractivity contribution in [2.45, 2.75) is 30.7 Å². The molecule has 8 heteroatoms. The van der Waals surface area contributed by atoms with Crippen LogP contribution in [-0.4, -0.2) is 47.6 Å². The highest BCUT2D eigenvalue weighted by molar-refractivity contribution is 7.89. The first-order valence-corrected chi connectivity index (χ1v) is 10.5. The zero-order valence-corrected chi connectivity index (χ0v) is 16.6. The van der Waals surface area contributed by atoms with Crippen LogP contribution in [0.5, 0.6) is 0 Å². The molecule has 1 aliphatic heterocycles. The van der Waals surface area contributed by atoms with E-state index in [9.17, 15) is 12.8 Å². The van der Waals surface area contributed by atoms with Crippen LogP contribution in [0.1, 0.15) is 11.4 Å². The Bertz CT molecular complexity index is 1100.